The summed E-state index contributed by atoms with van der Waals surface area (Å²) in [6.07, 6.45) is 4.10. The van der Waals surface area contributed by atoms with Crippen LogP contribution >= 0.6 is 0 Å². The lowest BCUT2D eigenvalue weighted by Gasteiger charge is -2.34. The van der Waals surface area contributed by atoms with Crippen LogP contribution < -0.4 is 20.9 Å². The number of fused-ring (bicyclic) bond motifs is 1. The van der Waals surface area contributed by atoms with Crippen LogP contribution in [0, 0.1) is 0 Å². The minimum Gasteiger partial charge on any atom is -0.341 e. The van der Waals surface area contributed by atoms with Gasteiger partial charge in [0, 0.05) is 38.8 Å². The first-order valence-corrected chi connectivity index (χ1v) is 8.89. The normalized spacial score (nSPS) is 20.6. The number of likely N-dealkylation sites (N-methyl/N-ethyl adjacent to an activating group) is 1. The van der Waals surface area contributed by atoms with Crippen LogP contribution in [0.4, 0.5) is 11.5 Å². The number of hydrogen-bond donors (Lipinski definition) is 3. The maximum Gasteiger partial charge on any atom is 0.219 e. The molecule has 3 rings (SSSR count). The van der Waals surface area contributed by atoms with E-state index >= 15 is 0 Å². The van der Waals surface area contributed by atoms with Crippen LogP contribution in [-0.2, 0) is 4.79 Å². The Bertz CT molecular complexity index is 560. The Balaban J connectivity index is 1.69. The van der Waals surface area contributed by atoms with Crippen molar-refractivity contribution in [1.82, 2.24) is 20.5 Å². The van der Waals surface area contributed by atoms with Crippen molar-refractivity contribution in [2.24, 2.45) is 0 Å². The van der Waals surface area contributed by atoms with Crippen LogP contribution in [0.1, 0.15) is 26.7 Å². The molecule has 1 fully saturated rings. The molecule has 7 heteroatoms. The van der Waals surface area contributed by atoms with E-state index in [0.717, 1.165) is 50.5 Å². The van der Waals surface area contributed by atoms with Crippen LogP contribution in [-0.4, -0.2) is 60.8 Å². The molecule has 2 aliphatic rings. The van der Waals surface area contributed by atoms with Gasteiger partial charge in [0.2, 0.25) is 5.91 Å². The van der Waals surface area contributed by atoms with Gasteiger partial charge in [-0.25, -0.2) is 4.98 Å². The van der Waals surface area contributed by atoms with E-state index in [9.17, 15) is 4.79 Å². The molecule has 3 heterocycles. The Morgan fingerprint density at radius 2 is 2.25 bits per heavy atom. The molecule has 0 spiro atoms. The van der Waals surface area contributed by atoms with Crippen LogP contribution in [0.3, 0.4) is 0 Å². The summed E-state index contributed by atoms with van der Waals surface area (Å²) >= 11 is 0. The first kappa shape index (κ1) is 17.0. The molecular weight excluding hydrogens is 304 g/mol. The number of amides is 1. The van der Waals surface area contributed by atoms with Crippen molar-refractivity contribution in [2.75, 3.05) is 42.9 Å². The molecule has 1 aromatic heterocycles. The lowest BCUT2D eigenvalue weighted by Crippen LogP contribution is -2.55. The third kappa shape index (κ3) is 3.79. The fourth-order valence-electron chi connectivity index (χ4n) is 3.45. The highest BCUT2D eigenvalue weighted by Gasteiger charge is 2.31. The second-order valence-electron chi connectivity index (χ2n) is 6.40. The minimum absolute atomic E-state index is 0.0312. The van der Waals surface area contributed by atoms with Gasteiger partial charge < -0.3 is 20.4 Å². The topological polar surface area (TPSA) is 72.5 Å². The molecule has 0 saturated carbocycles. The number of piperidine rings is 1. The number of carbonyl (C=O) groups is 1. The number of hydrogen-bond acceptors (Lipinski definition) is 6. The standard InChI is InChI=1S/C17H28N6O/c1-3-22(13(2)24)11-12-23-15-5-4-8-19-16(15)21-17(23)20-14-6-9-18-10-7-14/h4-5,8,14,17-18,20H,3,6-7,9-12H2,1-2H3,(H,19,21). The molecule has 1 saturated heterocycles. The van der Waals surface area contributed by atoms with Crippen LogP contribution in [0.15, 0.2) is 18.3 Å². The van der Waals surface area contributed by atoms with Gasteiger partial charge >= 0.3 is 0 Å². The molecule has 1 aromatic rings. The molecule has 0 aromatic carbocycles. The van der Waals surface area contributed by atoms with Crippen LogP contribution in [0.25, 0.3) is 0 Å². The Kier molecular flexibility index (Phi) is 5.52. The predicted octanol–water partition coefficient (Wildman–Crippen LogP) is 0.807. The Hall–Kier alpha value is -1.86. The van der Waals surface area contributed by atoms with E-state index in [1.807, 2.05) is 24.1 Å². The maximum absolute atomic E-state index is 11.7. The third-order valence-electron chi connectivity index (χ3n) is 4.85. The summed E-state index contributed by atoms with van der Waals surface area (Å²) < 4.78 is 0. The summed E-state index contributed by atoms with van der Waals surface area (Å²) in [6.45, 7) is 8.00. The van der Waals surface area contributed by atoms with Crippen molar-refractivity contribution >= 4 is 17.4 Å². The first-order valence-electron chi connectivity index (χ1n) is 8.89. The third-order valence-corrected chi connectivity index (χ3v) is 4.85. The van der Waals surface area contributed by atoms with E-state index in [4.69, 9.17) is 0 Å². The Labute approximate surface area is 143 Å². The highest BCUT2D eigenvalue weighted by molar-refractivity contribution is 5.74. The van der Waals surface area contributed by atoms with E-state index < -0.39 is 0 Å². The molecule has 24 heavy (non-hydrogen) atoms. The highest BCUT2D eigenvalue weighted by Crippen LogP contribution is 2.31. The number of nitrogens with one attached hydrogen (secondary N) is 3. The number of rotatable bonds is 6. The molecule has 2 aliphatic heterocycles. The molecule has 0 aliphatic carbocycles. The first-order chi connectivity index (χ1) is 11.7. The molecule has 3 N–H and O–H groups in total. The zero-order chi connectivity index (χ0) is 16.9. The van der Waals surface area contributed by atoms with E-state index in [1.165, 1.54) is 0 Å². The number of nitrogens with zero attached hydrogens (tertiary/aromatic N) is 3. The summed E-state index contributed by atoms with van der Waals surface area (Å²) in [5.41, 5.74) is 1.10. The van der Waals surface area contributed by atoms with Gasteiger partial charge in [0.15, 0.2) is 12.1 Å². The van der Waals surface area contributed by atoms with E-state index in [-0.39, 0.29) is 12.2 Å². The second-order valence-corrected chi connectivity index (χ2v) is 6.40. The van der Waals surface area contributed by atoms with Gasteiger partial charge in [-0.2, -0.15) is 0 Å². The van der Waals surface area contributed by atoms with E-state index in [0.29, 0.717) is 12.6 Å². The minimum atomic E-state index is 0.0312. The molecular formula is C17H28N6O. The van der Waals surface area contributed by atoms with E-state index in [2.05, 4.69) is 31.9 Å². The Morgan fingerprint density at radius 1 is 1.46 bits per heavy atom. The van der Waals surface area contributed by atoms with Crippen LogP contribution in [0.5, 0.6) is 0 Å². The van der Waals surface area contributed by atoms with Gasteiger partial charge in [0.05, 0.1) is 5.69 Å². The van der Waals surface area contributed by atoms with Crippen molar-refractivity contribution in [3.05, 3.63) is 18.3 Å². The lowest BCUT2D eigenvalue weighted by atomic mass is 10.1. The number of pyridine rings is 1. The molecule has 7 nitrogen and oxygen atoms in total. The lowest BCUT2D eigenvalue weighted by molar-refractivity contribution is -0.128. The van der Waals surface area contributed by atoms with Crippen molar-refractivity contribution in [2.45, 2.75) is 39.0 Å². The zero-order valence-electron chi connectivity index (χ0n) is 14.6. The quantitative estimate of drug-likeness (QED) is 0.716. The van der Waals surface area contributed by atoms with Gasteiger partial charge in [-0.15, -0.1) is 0 Å². The van der Waals surface area contributed by atoms with Crippen molar-refractivity contribution in [3.63, 3.8) is 0 Å². The molecule has 0 radical (unpaired) electrons. The summed E-state index contributed by atoms with van der Waals surface area (Å²) in [4.78, 5) is 20.3. The largest absolute Gasteiger partial charge is 0.341 e. The smallest absolute Gasteiger partial charge is 0.219 e. The monoisotopic (exact) mass is 332 g/mol. The summed E-state index contributed by atoms with van der Waals surface area (Å²) in [5, 5.41) is 10.6. The molecule has 1 atom stereocenters. The predicted molar refractivity (Wildman–Crippen MR) is 95.9 cm³/mol. The van der Waals surface area contributed by atoms with Crippen LogP contribution in [0.2, 0.25) is 0 Å². The van der Waals surface area contributed by atoms with Crippen molar-refractivity contribution < 1.29 is 4.79 Å². The zero-order valence-corrected chi connectivity index (χ0v) is 14.6. The second kappa shape index (κ2) is 7.81. The SMILES string of the molecule is CCN(CCN1c2cccnc2NC1NC1CCNCC1)C(C)=O. The maximum atomic E-state index is 11.7. The highest BCUT2D eigenvalue weighted by atomic mass is 16.2. The average molecular weight is 332 g/mol. The van der Waals surface area contributed by atoms with Gasteiger partial charge in [-0.3, -0.25) is 10.1 Å². The molecule has 132 valence electrons. The molecule has 1 unspecified atom stereocenters. The molecule has 0 bridgehead atoms. The Morgan fingerprint density at radius 3 is 2.96 bits per heavy atom. The fraction of sp³-hybridized carbons (Fsp3) is 0.647. The number of carbonyl (C=O) groups excluding carboxylic acids is 1. The average Bonchev–Trinajstić information content (AvgIpc) is 2.93. The number of aromatic nitrogens is 1. The summed E-state index contributed by atoms with van der Waals surface area (Å²) in [7, 11) is 0. The van der Waals surface area contributed by atoms with Crippen molar-refractivity contribution in [3.8, 4) is 0 Å². The molecule has 1 amide bonds. The van der Waals surface area contributed by atoms with Gasteiger partial charge in [-0.05, 0) is 45.0 Å². The van der Waals surface area contributed by atoms with Gasteiger partial charge in [-0.1, -0.05) is 0 Å². The van der Waals surface area contributed by atoms with Crippen molar-refractivity contribution in [1.29, 1.82) is 0 Å². The number of anilines is 2. The van der Waals surface area contributed by atoms with Gasteiger partial charge in [0.1, 0.15) is 0 Å². The summed E-state index contributed by atoms with van der Waals surface area (Å²) in [6, 6.07) is 4.54. The summed E-state index contributed by atoms with van der Waals surface area (Å²) in [5.74, 6) is 1.04. The fourth-order valence-corrected chi connectivity index (χ4v) is 3.45. The van der Waals surface area contributed by atoms with Gasteiger partial charge in [0.25, 0.3) is 0 Å². The van der Waals surface area contributed by atoms with E-state index in [1.54, 1.807) is 6.92 Å².